The highest BCUT2D eigenvalue weighted by Gasteiger charge is 2.40. The summed E-state index contributed by atoms with van der Waals surface area (Å²) < 4.78 is 43.1. The monoisotopic (exact) mass is 1640 g/mol. The van der Waals surface area contributed by atoms with Crippen molar-refractivity contribution in [3.63, 3.8) is 0 Å². The zero-order chi connectivity index (χ0) is 88.6. The third-order valence-corrected chi connectivity index (χ3v) is 20.4. The maximum absolute atomic E-state index is 15.5. The molecule has 37 nitrogen and oxygen atoms in total. The lowest BCUT2D eigenvalue weighted by Crippen LogP contribution is -2.63. The number of carboxylic acid groups (broad SMARTS) is 1. The Morgan fingerprint density at radius 1 is 0.504 bits per heavy atom. The molecule has 1 aliphatic heterocycles. The smallest absolute Gasteiger partial charge is 0.327 e. The lowest BCUT2D eigenvalue weighted by molar-refractivity contribution is -0.142. The number of nitrogens with two attached hydrogens (primary N) is 4. The van der Waals surface area contributed by atoms with Crippen molar-refractivity contribution >= 4 is 121 Å². The molecule has 0 bridgehead atoms. The first-order valence-electron chi connectivity index (χ1n) is 39.4. The van der Waals surface area contributed by atoms with Crippen molar-refractivity contribution in [2.45, 2.75) is 182 Å². The Labute approximate surface area is 678 Å². The number of unbranched alkanes of at least 4 members (excludes halogenated alkanes) is 2. The van der Waals surface area contributed by atoms with E-state index in [-0.39, 0.29) is 64.5 Å². The lowest BCUT2D eigenvalue weighted by atomic mass is 10.00. The highest BCUT2D eigenvalue weighted by molar-refractivity contribution is 8.76. The zero-order valence-corrected chi connectivity index (χ0v) is 65.0. The SMILES string of the molecule is [2H]c1c([2H])c([2H])c(C[C@@H]2NC(=O)[C@H](CC(N)=O)NC(=O)[C@H](CCCCN)NC(=O)[C@@H](NC(=O)CNC(=O)[C@H](C)N)CSSC[C@@H](C(=O)O)NC(=O)[C@H](CO)NC(=O)[C@H]([C@@H](C)O)NC(=O)[C@H](Cc3ccccc3)NC(=O)[C@H]([C@@H](C)O)NC(=O)[C@H](CCCCN)NC(=O)[C@H](Cc3c[nH]c4ccccc34)NC(=O)[C@H](Cc3ccccc3)NC2=O)c([2H])c1[2H]. The number of carboxylic acids is 1. The average Bonchev–Trinajstić information content (AvgIpc) is 0.998. The van der Waals surface area contributed by atoms with E-state index in [4.69, 9.17) is 29.8 Å². The summed E-state index contributed by atoms with van der Waals surface area (Å²) in [6.45, 7) is 1.61. The third-order valence-electron chi connectivity index (χ3n) is 18.0. The Kier molecular flexibility index (Phi) is 35.1. The lowest BCUT2D eigenvalue weighted by Gasteiger charge is -2.29. The first kappa shape index (κ1) is 84.8. The van der Waals surface area contributed by atoms with Crippen LogP contribution in [0.25, 0.3) is 10.9 Å². The van der Waals surface area contributed by atoms with Crippen LogP contribution in [-0.2, 0) is 97.6 Å². The van der Waals surface area contributed by atoms with Crippen molar-refractivity contribution in [2.75, 3.05) is 37.7 Å². The molecule has 1 aromatic heterocycles. The number of aromatic nitrogens is 1. The number of aliphatic hydroxyl groups excluding tert-OH is 3. The van der Waals surface area contributed by atoms with Gasteiger partial charge in [0, 0.05) is 54.3 Å². The Morgan fingerprint density at radius 2 is 0.922 bits per heavy atom. The second-order valence-electron chi connectivity index (χ2n) is 27.2. The summed E-state index contributed by atoms with van der Waals surface area (Å²) in [4.78, 5) is 218. The van der Waals surface area contributed by atoms with Gasteiger partial charge >= 0.3 is 5.97 Å². The third kappa shape index (κ3) is 30.7. The first-order chi connectivity index (χ1) is 57.0. The fourth-order valence-corrected chi connectivity index (χ4v) is 14.0. The van der Waals surface area contributed by atoms with Crippen LogP contribution in [0.5, 0.6) is 0 Å². The van der Waals surface area contributed by atoms with E-state index >= 15 is 19.2 Å². The molecule has 0 spiro atoms. The standard InChI is InChI=1S/C76H104N18O19S2/c1-41(79)64(100)82-37-61(99)83-58-39-114-115-40-59(76(112)113)92-72(108)57(38-95)91-75(111)63(43(3)97)94-71(107)54(33-46-23-11-6-12-24-46)90-74(110)62(42(2)96)93-66(102)51(28-16-18-30-78)84-69(105)55(34-47-36-81-49-26-14-13-25-48(47)49)88-68(104)53(32-45-21-9-5-10-22-45)86-67(103)52(31-44-19-7-4-8-20-44)87-70(106)56(35-60(80)98)89-65(101)50(85-73(58)109)27-15-17-29-77/h4-14,19-26,36,41-43,50-59,62-63,81,95-97H,15-18,27-35,37-40,77-79H2,1-3H3,(H2,80,98)(H,82,100)(H,83,99)(H,84,105)(H,85,109)(H,86,103)(H,87,106)(H,88,104)(H,89,101)(H,90,110)(H,91,111)(H,92,108)(H,93,102)(H,94,107)(H,112,113)/t41-,42+,43+,50-,51-,52-,53-,54-,55-,56-,57-,58-,59-,62-,63-/m0/s1/i4D,7D,8D,19D,20D. The number of hydrogen-bond acceptors (Lipinski definition) is 23. The Hall–Kier alpha value is -11.1. The number of aromatic amines is 1. The van der Waals surface area contributed by atoms with Gasteiger partial charge in [-0.2, -0.15) is 0 Å². The molecule has 0 saturated carbocycles. The minimum Gasteiger partial charge on any atom is -0.480 e. The number of H-pyrrole nitrogens is 1. The van der Waals surface area contributed by atoms with E-state index in [1.807, 2.05) is 0 Å². The molecule has 6 rings (SSSR count). The van der Waals surface area contributed by atoms with Crippen molar-refractivity contribution in [1.29, 1.82) is 0 Å². The summed E-state index contributed by atoms with van der Waals surface area (Å²) in [7, 11) is 1.40. The number of hydrogen-bond donors (Lipinski definition) is 22. The van der Waals surface area contributed by atoms with E-state index in [1.165, 1.54) is 6.92 Å². The van der Waals surface area contributed by atoms with Gasteiger partial charge in [0.05, 0.1) is 44.7 Å². The first-order valence-corrected chi connectivity index (χ1v) is 39.4. The molecule has 115 heavy (non-hydrogen) atoms. The number of aliphatic hydroxyl groups is 3. The van der Waals surface area contributed by atoms with Gasteiger partial charge in [-0.15, -0.1) is 0 Å². The van der Waals surface area contributed by atoms with Gasteiger partial charge in [0.25, 0.3) is 0 Å². The molecule has 0 radical (unpaired) electrons. The van der Waals surface area contributed by atoms with Crippen LogP contribution in [-0.4, -0.2) is 243 Å². The predicted octanol–water partition coefficient (Wildman–Crippen LogP) is -4.91. The van der Waals surface area contributed by atoms with Gasteiger partial charge < -0.3 is 117 Å². The molecule has 5 aromatic rings. The quantitative estimate of drug-likeness (QED) is 0.0182. The number of primary amides is 1. The fraction of sp³-hybridized carbons (Fsp3) is 0.461. The maximum Gasteiger partial charge on any atom is 0.327 e. The molecule has 4 aromatic carbocycles. The second kappa shape index (κ2) is 47.6. The molecule has 1 aliphatic rings. The van der Waals surface area contributed by atoms with Crippen LogP contribution in [0, 0.1) is 0 Å². The normalized spacial score (nSPS) is 24.4. The van der Waals surface area contributed by atoms with Crippen molar-refractivity contribution in [3.8, 4) is 0 Å². The molecule has 1 saturated heterocycles. The molecule has 2 heterocycles. The summed E-state index contributed by atoms with van der Waals surface area (Å²) in [5.41, 5.74) is 24.3. The minimum atomic E-state index is -2.15. The molecule has 14 amide bonds. The topological polar surface area (TPSA) is 613 Å². The number of carbonyl (C=O) groups excluding carboxylic acids is 14. The Balaban J connectivity index is 1.52. The van der Waals surface area contributed by atoms with Crippen molar-refractivity contribution in [3.05, 3.63) is 144 Å². The highest BCUT2D eigenvalue weighted by Crippen LogP contribution is 2.25. The molecule has 0 aliphatic carbocycles. The number of carbonyl (C=O) groups is 15. The van der Waals surface area contributed by atoms with Crippen molar-refractivity contribution in [1.82, 2.24) is 74.1 Å². The molecule has 0 unspecified atom stereocenters. The summed E-state index contributed by atoms with van der Waals surface area (Å²) in [6.07, 6.45) is -5.17. The largest absolute Gasteiger partial charge is 0.480 e. The molecular weight excluding hydrogens is 1530 g/mol. The van der Waals surface area contributed by atoms with Crippen molar-refractivity contribution < 1.29 is 99.2 Å². The molecule has 26 N–H and O–H groups in total. The van der Waals surface area contributed by atoms with Crippen LogP contribution < -0.4 is 92.1 Å². The number of amides is 14. The molecule has 624 valence electrons. The summed E-state index contributed by atoms with van der Waals surface area (Å²) in [5.74, 6) is -19.3. The maximum atomic E-state index is 15.5. The van der Waals surface area contributed by atoms with Crippen LogP contribution in [0.15, 0.2) is 121 Å². The summed E-state index contributed by atoms with van der Waals surface area (Å²) >= 11 is 0. The average molecular weight is 1640 g/mol. The summed E-state index contributed by atoms with van der Waals surface area (Å²) in [6, 6.07) is -5.23. The van der Waals surface area contributed by atoms with Gasteiger partial charge in [-0.25, -0.2) is 4.79 Å². The van der Waals surface area contributed by atoms with Gasteiger partial charge in [0.2, 0.25) is 82.7 Å². The zero-order valence-electron chi connectivity index (χ0n) is 68.4. The number of rotatable bonds is 26. The highest BCUT2D eigenvalue weighted by atomic mass is 33.1. The van der Waals surface area contributed by atoms with Gasteiger partial charge in [0.15, 0.2) is 0 Å². The van der Waals surface area contributed by atoms with Crippen LogP contribution in [0.2, 0.25) is 0 Å². The molecule has 15 atom stereocenters. The number of benzene rings is 4. The minimum absolute atomic E-state index is 0.0410. The number of fused-ring (bicyclic) bond motifs is 1. The number of aliphatic carboxylic acids is 1. The van der Waals surface area contributed by atoms with Crippen LogP contribution in [0.3, 0.4) is 0 Å². The van der Waals surface area contributed by atoms with Gasteiger partial charge in [-0.05, 0) is 101 Å². The second-order valence-corrected chi connectivity index (χ2v) is 29.8. The number of nitrogens with one attached hydrogen (secondary N) is 14. The van der Waals surface area contributed by atoms with E-state index < -0.39 is 259 Å². The van der Waals surface area contributed by atoms with E-state index in [2.05, 4.69) is 74.1 Å². The van der Waals surface area contributed by atoms with Crippen LogP contribution in [0.1, 0.15) is 94.8 Å². The van der Waals surface area contributed by atoms with Crippen LogP contribution in [0.4, 0.5) is 0 Å². The number of para-hydroxylation sites is 1. The Morgan fingerprint density at radius 3 is 1.42 bits per heavy atom. The van der Waals surface area contributed by atoms with Gasteiger partial charge in [0.1, 0.15) is 72.5 Å². The van der Waals surface area contributed by atoms with Crippen LogP contribution >= 0.6 is 21.6 Å². The summed E-state index contributed by atoms with van der Waals surface area (Å²) in [5, 5.41) is 75.1. The van der Waals surface area contributed by atoms with E-state index in [9.17, 15) is 73.2 Å². The molecule has 39 heteroatoms. The Bertz CT molecular complexity index is 4420. The van der Waals surface area contributed by atoms with E-state index in [1.54, 1.807) is 91.1 Å². The fourth-order valence-electron chi connectivity index (χ4n) is 11.7. The van der Waals surface area contributed by atoms with Gasteiger partial charge in [-0.1, -0.05) is 131 Å². The predicted molar refractivity (Wildman–Crippen MR) is 425 cm³/mol. The van der Waals surface area contributed by atoms with Crippen molar-refractivity contribution in [2.24, 2.45) is 22.9 Å². The molecule has 1 fully saturated rings. The van der Waals surface area contributed by atoms with Gasteiger partial charge in [-0.3, -0.25) is 67.1 Å². The molecular formula is C76H104N18O19S2. The van der Waals surface area contributed by atoms with E-state index in [0.717, 1.165) is 13.8 Å². The van der Waals surface area contributed by atoms with E-state index in [0.29, 0.717) is 49.2 Å².